The van der Waals surface area contributed by atoms with Crippen LogP contribution in [0.15, 0.2) is 12.1 Å². The van der Waals surface area contributed by atoms with Gasteiger partial charge in [0.05, 0.1) is 13.2 Å². The van der Waals surface area contributed by atoms with Crippen molar-refractivity contribution >= 4 is 0 Å². The molecule has 0 spiro atoms. The molecule has 1 aromatic carbocycles. The monoisotopic (exact) mass is 236 g/mol. The van der Waals surface area contributed by atoms with Crippen LogP contribution in [0.2, 0.25) is 0 Å². The Morgan fingerprint density at radius 1 is 1.00 bits per heavy atom. The zero-order chi connectivity index (χ0) is 13.0. The van der Waals surface area contributed by atoms with Gasteiger partial charge in [-0.05, 0) is 34.1 Å². The standard InChI is InChI=1S/C15H24O2/c1-10(2)14-7-15(11(3)4)13(9-17-5)6-12(14)8-16/h6-7,10-11,16H,8-9H2,1-5H3. The average Bonchev–Trinajstić information content (AvgIpc) is 2.28. The van der Waals surface area contributed by atoms with Crippen LogP contribution in [0.1, 0.15) is 61.8 Å². The Morgan fingerprint density at radius 3 is 1.94 bits per heavy atom. The molecule has 96 valence electrons. The summed E-state index contributed by atoms with van der Waals surface area (Å²) in [5.74, 6) is 0.914. The molecule has 1 rings (SSSR count). The molecular weight excluding hydrogens is 212 g/mol. The lowest BCUT2D eigenvalue weighted by molar-refractivity contribution is 0.183. The summed E-state index contributed by atoms with van der Waals surface area (Å²) < 4.78 is 5.24. The van der Waals surface area contributed by atoms with E-state index in [-0.39, 0.29) is 6.61 Å². The van der Waals surface area contributed by atoms with Gasteiger partial charge in [-0.1, -0.05) is 39.8 Å². The highest BCUT2D eigenvalue weighted by Gasteiger charge is 2.13. The molecule has 0 unspecified atom stereocenters. The van der Waals surface area contributed by atoms with Crippen molar-refractivity contribution in [3.8, 4) is 0 Å². The smallest absolute Gasteiger partial charge is 0.0715 e. The van der Waals surface area contributed by atoms with Crippen molar-refractivity contribution in [1.82, 2.24) is 0 Å². The van der Waals surface area contributed by atoms with E-state index in [9.17, 15) is 5.11 Å². The van der Waals surface area contributed by atoms with E-state index in [0.717, 1.165) is 5.56 Å². The first kappa shape index (κ1) is 14.2. The lowest BCUT2D eigenvalue weighted by Gasteiger charge is -2.19. The Hall–Kier alpha value is -0.860. The SMILES string of the molecule is COCc1cc(CO)c(C(C)C)cc1C(C)C. The summed E-state index contributed by atoms with van der Waals surface area (Å²) in [4.78, 5) is 0. The number of rotatable bonds is 5. The van der Waals surface area contributed by atoms with E-state index in [0.29, 0.717) is 18.4 Å². The average molecular weight is 236 g/mol. The fraction of sp³-hybridized carbons (Fsp3) is 0.600. The van der Waals surface area contributed by atoms with Crippen LogP contribution < -0.4 is 0 Å². The van der Waals surface area contributed by atoms with Crippen molar-refractivity contribution < 1.29 is 9.84 Å². The first-order valence-electron chi connectivity index (χ1n) is 6.26. The number of aliphatic hydroxyl groups excluding tert-OH is 1. The summed E-state index contributed by atoms with van der Waals surface area (Å²) >= 11 is 0. The van der Waals surface area contributed by atoms with Crippen LogP contribution in [0, 0.1) is 0 Å². The fourth-order valence-corrected chi connectivity index (χ4v) is 2.22. The molecule has 0 amide bonds. The molecule has 0 aliphatic heterocycles. The molecule has 1 aromatic rings. The maximum atomic E-state index is 9.45. The van der Waals surface area contributed by atoms with Gasteiger partial charge in [-0.15, -0.1) is 0 Å². The lowest BCUT2D eigenvalue weighted by atomic mass is 9.88. The number of benzene rings is 1. The first-order chi connectivity index (χ1) is 8.01. The molecule has 17 heavy (non-hydrogen) atoms. The summed E-state index contributed by atoms with van der Waals surface area (Å²) in [7, 11) is 1.71. The summed E-state index contributed by atoms with van der Waals surface area (Å²) in [5.41, 5.74) is 4.79. The number of methoxy groups -OCH3 is 1. The summed E-state index contributed by atoms with van der Waals surface area (Å²) in [5, 5.41) is 9.45. The maximum absolute atomic E-state index is 9.45. The van der Waals surface area contributed by atoms with E-state index >= 15 is 0 Å². The molecule has 2 heteroatoms. The van der Waals surface area contributed by atoms with Gasteiger partial charge >= 0.3 is 0 Å². The van der Waals surface area contributed by atoms with Gasteiger partial charge in [0.2, 0.25) is 0 Å². The third-order valence-electron chi connectivity index (χ3n) is 3.12. The topological polar surface area (TPSA) is 29.5 Å². The third-order valence-corrected chi connectivity index (χ3v) is 3.12. The van der Waals surface area contributed by atoms with Crippen molar-refractivity contribution in [2.24, 2.45) is 0 Å². The summed E-state index contributed by atoms with van der Waals surface area (Å²) in [6.07, 6.45) is 0. The van der Waals surface area contributed by atoms with Gasteiger partial charge in [0.1, 0.15) is 0 Å². The molecule has 0 saturated heterocycles. The predicted octanol–water partition coefficient (Wildman–Crippen LogP) is 3.57. The van der Waals surface area contributed by atoms with E-state index in [4.69, 9.17) is 4.74 Å². The van der Waals surface area contributed by atoms with Gasteiger partial charge in [-0.25, -0.2) is 0 Å². The normalized spacial score (nSPS) is 11.5. The quantitative estimate of drug-likeness (QED) is 0.847. The molecule has 2 nitrogen and oxygen atoms in total. The van der Waals surface area contributed by atoms with E-state index in [1.807, 2.05) is 0 Å². The van der Waals surface area contributed by atoms with E-state index < -0.39 is 0 Å². The van der Waals surface area contributed by atoms with Crippen molar-refractivity contribution in [3.05, 3.63) is 34.4 Å². The van der Waals surface area contributed by atoms with Crippen molar-refractivity contribution in [2.45, 2.75) is 52.7 Å². The van der Waals surface area contributed by atoms with E-state index in [2.05, 4.69) is 39.8 Å². The molecule has 0 atom stereocenters. The second-order valence-corrected chi connectivity index (χ2v) is 5.15. The van der Waals surface area contributed by atoms with Crippen LogP contribution in [0.25, 0.3) is 0 Å². The molecule has 0 fully saturated rings. The van der Waals surface area contributed by atoms with Crippen LogP contribution >= 0.6 is 0 Å². The van der Waals surface area contributed by atoms with Crippen molar-refractivity contribution in [3.63, 3.8) is 0 Å². The van der Waals surface area contributed by atoms with Gasteiger partial charge in [0.25, 0.3) is 0 Å². The predicted molar refractivity (Wildman–Crippen MR) is 71.3 cm³/mol. The minimum atomic E-state index is 0.0998. The largest absolute Gasteiger partial charge is 0.392 e. The maximum Gasteiger partial charge on any atom is 0.0715 e. The molecule has 0 aliphatic carbocycles. The van der Waals surface area contributed by atoms with Gasteiger partial charge in [-0.3, -0.25) is 0 Å². The highest BCUT2D eigenvalue weighted by atomic mass is 16.5. The number of ether oxygens (including phenoxy) is 1. The number of hydrogen-bond donors (Lipinski definition) is 1. The van der Waals surface area contributed by atoms with Crippen LogP contribution in [0.5, 0.6) is 0 Å². The highest BCUT2D eigenvalue weighted by molar-refractivity contribution is 5.41. The second kappa shape index (κ2) is 6.18. The Labute approximate surface area is 105 Å². The third kappa shape index (κ3) is 3.30. The van der Waals surface area contributed by atoms with Crippen LogP contribution in [-0.4, -0.2) is 12.2 Å². The van der Waals surface area contributed by atoms with Crippen molar-refractivity contribution in [2.75, 3.05) is 7.11 Å². The van der Waals surface area contributed by atoms with E-state index in [1.165, 1.54) is 16.7 Å². The Bertz CT molecular complexity index is 367. The minimum absolute atomic E-state index is 0.0998. The molecule has 0 radical (unpaired) electrons. The zero-order valence-electron chi connectivity index (χ0n) is 11.6. The first-order valence-corrected chi connectivity index (χ1v) is 6.26. The van der Waals surface area contributed by atoms with Crippen molar-refractivity contribution in [1.29, 1.82) is 0 Å². The molecular formula is C15H24O2. The zero-order valence-corrected chi connectivity index (χ0v) is 11.6. The van der Waals surface area contributed by atoms with E-state index in [1.54, 1.807) is 7.11 Å². The Kier molecular flexibility index (Phi) is 5.16. The lowest BCUT2D eigenvalue weighted by Crippen LogP contribution is -2.05. The summed E-state index contributed by atoms with van der Waals surface area (Å²) in [6, 6.07) is 4.32. The van der Waals surface area contributed by atoms with Gasteiger partial charge in [-0.2, -0.15) is 0 Å². The molecule has 0 aliphatic rings. The van der Waals surface area contributed by atoms with Gasteiger partial charge in [0.15, 0.2) is 0 Å². The van der Waals surface area contributed by atoms with Crippen LogP contribution in [-0.2, 0) is 18.0 Å². The second-order valence-electron chi connectivity index (χ2n) is 5.15. The number of hydrogen-bond acceptors (Lipinski definition) is 2. The van der Waals surface area contributed by atoms with Gasteiger partial charge in [0, 0.05) is 7.11 Å². The van der Waals surface area contributed by atoms with Crippen LogP contribution in [0.4, 0.5) is 0 Å². The fourth-order valence-electron chi connectivity index (χ4n) is 2.22. The Balaban J connectivity index is 3.31. The summed E-state index contributed by atoms with van der Waals surface area (Å²) in [6.45, 7) is 9.42. The van der Waals surface area contributed by atoms with Crippen LogP contribution in [0.3, 0.4) is 0 Å². The minimum Gasteiger partial charge on any atom is -0.392 e. The highest BCUT2D eigenvalue weighted by Crippen LogP contribution is 2.28. The molecule has 0 bridgehead atoms. The molecule has 1 N–H and O–H groups in total. The number of aliphatic hydroxyl groups is 1. The molecule has 0 aromatic heterocycles. The van der Waals surface area contributed by atoms with Gasteiger partial charge < -0.3 is 9.84 Å². The Morgan fingerprint density at radius 2 is 1.53 bits per heavy atom. The molecule has 0 saturated carbocycles. The molecule has 0 heterocycles.